The number of nitrogens with zero attached hydrogens (tertiary/aromatic N) is 2. The average Bonchev–Trinajstić information content (AvgIpc) is 3.09. The number of hydrogen-bond acceptors (Lipinski definition) is 5. The number of fused-ring (bicyclic) bond motifs is 1. The minimum atomic E-state index is -1.18. The molecule has 3 aromatic rings. The van der Waals surface area contributed by atoms with Gasteiger partial charge in [-0.25, -0.2) is 0 Å². The van der Waals surface area contributed by atoms with Crippen molar-refractivity contribution in [1.82, 2.24) is 9.47 Å². The first-order valence-electron chi connectivity index (χ1n) is 10.7. The second kappa shape index (κ2) is 9.50. The maximum absolute atomic E-state index is 11.7. The molecule has 170 valence electrons. The smallest absolute Gasteiger partial charge is 0.221 e. The molecule has 1 amide bonds. The number of benzene rings is 2. The molecule has 2 heterocycles. The van der Waals surface area contributed by atoms with Crippen LogP contribution in [0.1, 0.15) is 30.2 Å². The number of aliphatic hydroxyl groups excluding tert-OH is 2. The van der Waals surface area contributed by atoms with Gasteiger partial charge >= 0.3 is 0 Å². The van der Waals surface area contributed by atoms with Gasteiger partial charge in [-0.05, 0) is 43.2 Å². The SMILES string of the molecule is Cn1c(COc2ccc(Cl)cc2)c(C(O)C(O)N2CCCC(C(N)=O)C2)c2ccccc21. The van der Waals surface area contributed by atoms with Crippen LogP contribution in [0.5, 0.6) is 5.75 Å². The molecule has 1 aliphatic rings. The zero-order chi connectivity index (χ0) is 22.8. The zero-order valence-electron chi connectivity index (χ0n) is 17.9. The molecule has 0 bridgehead atoms. The van der Waals surface area contributed by atoms with Crippen molar-refractivity contribution in [2.45, 2.75) is 31.8 Å². The number of piperidine rings is 1. The van der Waals surface area contributed by atoms with E-state index in [1.807, 2.05) is 35.9 Å². The molecule has 32 heavy (non-hydrogen) atoms. The summed E-state index contributed by atoms with van der Waals surface area (Å²) in [6.07, 6.45) is -0.920. The fourth-order valence-electron chi connectivity index (χ4n) is 4.49. The molecule has 1 fully saturated rings. The number of aromatic nitrogens is 1. The molecule has 0 saturated carbocycles. The molecule has 1 aliphatic heterocycles. The molecular formula is C24H28ClN3O4. The summed E-state index contributed by atoms with van der Waals surface area (Å²) in [5.41, 5.74) is 7.79. The normalized spacial score (nSPS) is 19.1. The van der Waals surface area contributed by atoms with E-state index in [4.69, 9.17) is 22.1 Å². The first kappa shape index (κ1) is 22.6. The van der Waals surface area contributed by atoms with Crippen molar-refractivity contribution >= 4 is 28.4 Å². The van der Waals surface area contributed by atoms with Gasteiger partial charge in [-0.2, -0.15) is 0 Å². The van der Waals surface area contributed by atoms with Gasteiger partial charge in [0.05, 0.1) is 11.6 Å². The molecule has 1 aromatic heterocycles. The van der Waals surface area contributed by atoms with Crippen molar-refractivity contribution in [2.24, 2.45) is 18.7 Å². The fraction of sp³-hybridized carbons (Fsp3) is 0.375. The summed E-state index contributed by atoms with van der Waals surface area (Å²) in [5, 5.41) is 23.8. The van der Waals surface area contributed by atoms with E-state index < -0.39 is 12.3 Å². The highest BCUT2D eigenvalue weighted by molar-refractivity contribution is 6.30. The second-order valence-corrected chi connectivity index (χ2v) is 8.71. The number of aryl methyl sites for hydroxylation is 1. The van der Waals surface area contributed by atoms with Crippen molar-refractivity contribution in [2.75, 3.05) is 13.1 Å². The molecule has 8 heteroatoms. The quantitative estimate of drug-likeness (QED) is 0.506. The lowest BCUT2D eigenvalue weighted by Gasteiger charge is -2.36. The number of carbonyl (C=O) groups excluding carboxylic acids is 1. The lowest BCUT2D eigenvalue weighted by atomic mass is 9.95. The molecule has 7 nitrogen and oxygen atoms in total. The van der Waals surface area contributed by atoms with Crippen molar-refractivity contribution in [1.29, 1.82) is 0 Å². The van der Waals surface area contributed by atoms with E-state index in [2.05, 4.69) is 0 Å². The van der Waals surface area contributed by atoms with Crippen LogP contribution >= 0.6 is 11.6 Å². The number of hydrogen-bond donors (Lipinski definition) is 3. The molecule has 0 spiro atoms. The molecule has 3 unspecified atom stereocenters. The summed E-state index contributed by atoms with van der Waals surface area (Å²) in [6.45, 7) is 1.12. The van der Waals surface area contributed by atoms with Crippen LogP contribution in [0.4, 0.5) is 0 Å². The Morgan fingerprint density at radius 2 is 1.94 bits per heavy atom. The van der Waals surface area contributed by atoms with E-state index in [-0.39, 0.29) is 18.4 Å². The number of aliphatic hydroxyl groups is 2. The number of likely N-dealkylation sites (tertiary alicyclic amines) is 1. The third-order valence-corrected chi connectivity index (χ3v) is 6.52. The highest BCUT2D eigenvalue weighted by Crippen LogP contribution is 2.34. The number of para-hydroxylation sites is 1. The number of ether oxygens (including phenoxy) is 1. The van der Waals surface area contributed by atoms with Crippen LogP contribution in [0.15, 0.2) is 48.5 Å². The molecule has 4 N–H and O–H groups in total. The van der Waals surface area contributed by atoms with E-state index in [0.717, 1.165) is 23.0 Å². The molecular weight excluding hydrogens is 430 g/mol. The number of carbonyl (C=O) groups is 1. The standard InChI is InChI=1S/C24H28ClN3O4/c1-27-19-7-3-2-6-18(19)21(20(27)14-32-17-10-8-16(25)9-11-17)22(29)24(31)28-12-4-5-15(13-28)23(26)30/h2-3,6-11,15,22,24,29,31H,4-5,12-14H2,1H3,(H2,26,30). The van der Waals surface area contributed by atoms with Gasteiger partial charge in [0.25, 0.3) is 0 Å². The van der Waals surface area contributed by atoms with Gasteiger partial charge in [0.15, 0.2) is 0 Å². The molecule has 1 saturated heterocycles. The average molecular weight is 458 g/mol. The first-order valence-corrected chi connectivity index (χ1v) is 11.1. The van der Waals surface area contributed by atoms with Gasteiger partial charge < -0.3 is 25.3 Å². The van der Waals surface area contributed by atoms with Crippen LogP contribution in [0.3, 0.4) is 0 Å². The van der Waals surface area contributed by atoms with Gasteiger partial charge in [-0.3, -0.25) is 9.69 Å². The van der Waals surface area contributed by atoms with Crippen LogP contribution in [-0.2, 0) is 18.4 Å². The van der Waals surface area contributed by atoms with Gasteiger partial charge in [-0.1, -0.05) is 29.8 Å². The Morgan fingerprint density at radius 3 is 2.66 bits per heavy atom. The molecule has 0 radical (unpaired) electrons. The third kappa shape index (κ3) is 4.47. The van der Waals surface area contributed by atoms with E-state index >= 15 is 0 Å². The Balaban J connectivity index is 1.65. The number of amides is 1. The van der Waals surface area contributed by atoms with Gasteiger partial charge in [0, 0.05) is 41.6 Å². The zero-order valence-corrected chi connectivity index (χ0v) is 18.7. The summed E-state index contributed by atoms with van der Waals surface area (Å²) < 4.78 is 7.95. The van der Waals surface area contributed by atoms with Crippen molar-refractivity contribution < 1.29 is 19.7 Å². The number of nitrogens with two attached hydrogens (primary N) is 1. The third-order valence-electron chi connectivity index (χ3n) is 6.27. The van der Waals surface area contributed by atoms with E-state index in [0.29, 0.717) is 35.8 Å². The summed E-state index contributed by atoms with van der Waals surface area (Å²) in [7, 11) is 1.91. The van der Waals surface area contributed by atoms with Gasteiger partial charge in [0.1, 0.15) is 24.7 Å². The fourth-order valence-corrected chi connectivity index (χ4v) is 4.62. The maximum atomic E-state index is 11.7. The number of rotatable bonds is 7. The van der Waals surface area contributed by atoms with Crippen LogP contribution in [-0.4, -0.2) is 44.9 Å². The minimum Gasteiger partial charge on any atom is -0.487 e. The second-order valence-electron chi connectivity index (χ2n) is 8.27. The van der Waals surface area contributed by atoms with Crippen molar-refractivity contribution in [3.05, 3.63) is 64.8 Å². The number of halogens is 1. The van der Waals surface area contributed by atoms with Crippen LogP contribution in [0, 0.1) is 5.92 Å². The lowest BCUT2D eigenvalue weighted by molar-refractivity contribution is -0.129. The molecule has 4 rings (SSSR count). The topological polar surface area (TPSA) is 101 Å². The van der Waals surface area contributed by atoms with Crippen LogP contribution in [0.2, 0.25) is 5.02 Å². The highest BCUT2D eigenvalue weighted by atomic mass is 35.5. The Morgan fingerprint density at radius 1 is 1.22 bits per heavy atom. The largest absolute Gasteiger partial charge is 0.487 e. The van der Waals surface area contributed by atoms with Crippen molar-refractivity contribution in [3.8, 4) is 5.75 Å². The monoisotopic (exact) mass is 457 g/mol. The highest BCUT2D eigenvalue weighted by Gasteiger charge is 2.34. The first-order chi connectivity index (χ1) is 15.4. The Kier molecular flexibility index (Phi) is 6.71. The predicted molar refractivity (Wildman–Crippen MR) is 123 cm³/mol. The number of primary amides is 1. The molecule has 0 aliphatic carbocycles. The summed E-state index contributed by atoms with van der Waals surface area (Å²) in [6, 6.07) is 14.8. The summed E-state index contributed by atoms with van der Waals surface area (Å²) >= 11 is 5.96. The van der Waals surface area contributed by atoms with Crippen LogP contribution in [0.25, 0.3) is 10.9 Å². The minimum absolute atomic E-state index is 0.204. The summed E-state index contributed by atoms with van der Waals surface area (Å²) in [5.74, 6) is -0.0506. The van der Waals surface area contributed by atoms with Crippen LogP contribution < -0.4 is 10.5 Å². The maximum Gasteiger partial charge on any atom is 0.221 e. The predicted octanol–water partition coefficient (Wildman–Crippen LogP) is 2.96. The Bertz CT molecular complexity index is 1100. The Hall–Kier alpha value is -2.58. The van der Waals surface area contributed by atoms with Gasteiger partial charge in [-0.15, -0.1) is 0 Å². The van der Waals surface area contributed by atoms with Crippen molar-refractivity contribution in [3.63, 3.8) is 0 Å². The lowest BCUT2D eigenvalue weighted by Crippen LogP contribution is -2.48. The Labute approximate surface area is 191 Å². The van der Waals surface area contributed by atoms with E-state index in [1.165, 1.54) is 0 Å². The van der Waals surface area contributed by atoms with E-state index in [9.17, 15) is 15.0 Å². The molecule has 2 aromatic carbocycles. The summed E-state index contributed by atoms with van der Waals surface area (Å²) in [4.78, 5) is 13.4. The molecule has 3 atom stereocenters. The van der Waals surface area contributed by atoms with Gasteiger partial charge in [0.2, 0.25) is 5.91 Å². The van der Waals surface area contributed by atoms with E-state index in [1.54, 1.807) is 29.2 Å².